The number of carbonyl (C=O) groups is 1. The molecule has 0 amide bonds. The number of carboxylic acids is 1. The van der Waals surface area contributed by atoms with Crippen LogP contribution in [0.2, 0.25) is 0 Å². The Hall–Kier alpha value is -1.52. The molecule has 1 rings (SSSR count). The lowest BCUT2D eigenvalue weighted by Gasteiger charge is -2.20. The van der Waals surface area contributed by atoms with E-state index in [2.05, 4.69) is 10.2 Å². The van der Waals surface area contributed by atoms with Crippen molar-refractivity contribution in [2.75, 3.05) is 0 Å². The molecule has 1 aromatic rings. The molecule has 0 aliphatic carbocycles. The molecule has 0 aromatic carbocycles. The molecule has 0 atom stereocenters. The van der Waals surface area contributed by atoms with E-state index in [1.807, 2.05) is 20.8 Å². The third-order valence-electron chi connectivity index (χ3n) is 1.23. The normalized spacial score (nSPS) is 11.3. The number of hydrogen-bond donors (Lipinski definition) is 2. The number of rotatable bonds is 2. The maximum atomic E-state index is 10.6. The quantitative estimate of drug-likeness (QED) is 0.726. The first-order valence-corrected chi connectivity index (χ1v) is 3.86. The fourth-order valence-corrected chi connectivity index (χ4v) is 0.836. The summed E-state index contributed by atoms with van der Waals surface area (Å²) in [5.74, 6) is -0.809. The highest BCUT2D eigenvalue weighted by Crippen LogP contribution is 2.20. The molecule has 2 N–H and O–H groups in total. The maximum Gasteiger partial charge on any atom is 0.357 e. The number of aromatic carboxylic acids is 1. The summed E-state index contributed by atoms with van der Waals surface area (Å²) in [5, 5.41) is 14.7. The summed E-state index contributed by atoms with van der Waals surface area (Å²) in [5.41, 5.74) is -0.441. The van der Waals surface area contributed by atoms with Crippen LogP contribution in [-0.2, 0) is 0 Å². The van der Waals surface area contributed by atoms with Crippen LogP contribution in [0, 0.1) is 0 Å². The number of H-pyrrole nitrogens is 1. The number of aromatic nitrogens is 2. The second-order valence-electron chi connectivity index (χ2n) is 3.63. The Morgan fingerprint density at radius 2 is 2.23 bits per heavy atom. The minimum Gasteiger partial charge on any atom is -0.484 e. The van der Waals surface area contributed by atoms with E-state index in [9.17, 15) is 4.79 Å². The van der Waals surface area contributed by atoms with E-state index in [0.29, 0.717) is 0 Å². The lowest BCUT2D eigenvalue weighted by Crippen LogP contribution is -2.23. The van der Waals surface area contributed by atoms with Crippen LogP contribution in [0.5, 0.6) is 5.75 Å². The van der Waals surface area contributed by atoms with Crippen LogP contribution in [0.1, 0.15) is 31.3 Å². The Balaban J connectivity index is 2.89. The van der Waals surface area contributed by atoms with Gasteiger partial charge in [-0.2, -0.15) is 5.10 Å². The molecule has 0 aliphatic heterocycles. The number of hydrogen-bond acceptors (Lipinski definition) is 3. The van der Waals surface area contributed by atoms with E-state index in [0.717, 1.165) is 0 Å². The molecule has 0 radical (unpaired) electrons. The van der Waals surface area contributed by atoms with Crippen molar-refractivity contribution in [3.05, 3.63) is 11.9 Å². The molecule has 0 saturated heterocycles. The zero-order chi connectivity index (χ0) is 10.1. The molecule has 1 aromatic heterocycles. The van der Waals surface area contributed by atoms with Gasteiger partial charge in [-0.15, -0.1) is 0 Å². The van der Waals surface area contributed by atoms with Crippen LogP contribution in [0.4, 0.5) is 0 Å². The van der Waals surface area contributed by atoms with Crippen LogP contribution in [0.25, 0.3) is 0 Å². The lowest BCUT2D eigenvalue weighted by molar-refractivity contribution is 0.0675. The largest absolute Gasteiger partial charge is 0.484 e. The Labute approximate surface area is 75.7 Å². The molecule has 1 heterocycles. The van der Waals surface area contributed by atoms with Gasteiger partial charge in [0.1, 0.15) is 5.60 Å². The number of nitrogens with zero attached hydrogens (tertiary/aromatic N) is 1. The smallest absolute Gasteiger partial charge is 0.357 e. The third-order valence-corrected chi connectivity index (χ3v) is 1.23. The molecule has 0 bridgehead atoms. The highest BCUT2D eigenvalue weighted by molar-refractivity contribution is 5.88. The predicted molar refractivity (Wildman–Crippen MR) is 45.9 cm³/mol. The average molecular weight is 184 g/mol. The average Bonchev–Trinajstić information content (AvgIpc) is 2.31. The van der Waals surface area contributed by atoms with Crippen molar-refractivity contribution in [1.29, 1.82) is 0 Å². The van der Waals surface area contributed by atoms with Gasteiger partial charge in [0, 0.05) is 0 Å². The van der Waals surface area contributed by atoms with E-state index in [4.69, 9.17) is 9.84 Å². The van der Waals surface area contributed by atoms with Crippen molar-refractivity contribution in [3.8, 4) is 5.75 Å². The fraction of sp³-hybridized carbons (Fsp3) is 0.500. The van der Waals surface area contributed by atoms with Crippen molar-refractivity contribution in [3.63, 3.8) is 0 Å². The maximum absolute atomic E-state index is 10.6. The molecule has 0 aliphatic rings. The van der Waals surface area contributed by atoms with Gasteiger partial charge >= 0.3 is 5.97 Å². The summed E-state index contributed by atoms with van der Waals surface area (Å²) < 4.78 is 5.36. The monoisotopic (exact) mass is 184 g/mol. The van der Waals surface area contributed by atoms with Gasteiger partial charge in [-0.25, -0.2) is 4.79 Å². The Bertz CT molecular complexity index is 311. The van der Waals surface area contributed by atoms with Gasteiger partial charge in [-0.05, 0) is 20.8 Å². The molecule has 13 heavy (non-hydrogen) atoms. The van der Waals surface area contributed by atoms with Gasteiger partial charge in [-0.3, -0.25) is 5.10 Å². The fourth-order valence-electron chi connectivity index (χ4n) is 0.836. The van der Waals surface area contributed by atoms with Crippen molar-refractivity contribution in [2.45, 2.75) is 26.4 Å². The summed E-state index contributed by atoms with van der Waals surface area (Å²) in [6, 6.07) is 0. The first-order valence-electron chi connectivity index (χ1n) is 3.86. The van der Waals surface area contributed by atoms with Gasteiger partial charge < -0.3 is 9.84 Å². The van der Waals surface area contributed by atoms with E-state index >= 15 is 0 Å². The minimum absolute atomic E-state index is 0.0186. The third kappa shape index (κ3) is 2.47. The summed E-state index contributed by atoms with van der Waals surface area (Å²) in [6.45, 7) is 5.52. The van der Waals surface area contributed by atoms with Crippen molar-refractivity contribution in [1.82, 2.24) is 10.2 Å². The number of nitrogens with one attached hydrogen (secondary N) is 1. The SMILES string of the molecule is CC(C)(C)Oc1cn[nH]c1C(=O)O. The van der Waals surface area contributed by atoms with Crippen LogP contribution in [-0.4, -0.2) is 26.9 Å². The van der Waals surface area contributed by atoms with Crippen LogP contribution >= 0.6 is 0 Å². The summed E-state index contributed by atoms with van der Waals surface area (Å²) >= 11 is 0. The topological polar surface area (TPSA) is 75.2 Å². The van der Waals surface area contributed by atoms with Gasteiger partial charge in [0.15, 0.2) is 11.4 Å². The Morgan fingerprint density at radius 3 is 2.69 bits per heavy atom. The summed E-state index contributed by atoms with van der Waals surface area (Å²) in [6.07, 6.45) is 1.36. The predicted octanol–water partition coefficient (Wildman–Crippen LogP) is 1.29. The molecule has 72 valence electrons. The van der Waals surface area contributed by atoms with Crippen molar-refractivity contribution >= 4 is 5.97 Å². The van der Waals surface area contributed by atoms with Gasteiger partial charge in [-0.1, -0.05) is 0 Å². The van der Waals surface area contributed by atoms with Gasteiger partial charge in [0.25, 0.3) is 0 Å². The van der Waals surface area contributed by atoms with Crippen LogP contribution in [0.15, 0.2) is 6.20 Å². The minimum atomic E-state index is -1.07. The van der Waals surface area contributed by atoms with Crippen LogP contribution in [0.3, 0.4) is 0 Å². The van der Waals surface area contributed by atoms with Crippen molar-refractivity contribution < 1.29 is 14.6 Å². The Morgan fingerprint density at radius 1 is 1.62 bits per heavy atom. The van der Waals surface area contributed by atoms with Crippen LogP contribution < -0.4 is 4.74 Å². The molecule has 0 fully saturated rings. The van der Waals surface area contributed by atoms with E-state index in [-0.39, 0.29) is 11.4 Å². The van der Waals surface area contributed by atoms with E-state index < -0.39 is 11.6 Å². The molecule has 5 heteroatoms. The van der Waals surface area contributed by atoms with Gasteiger partial charge in [0.2, 0.25) is 0 Å². The first-order chi connectivity index (χ1) is 5.90. The molecular formula is C8H12N2O3. The summed E-state index contributed by atoms with van der Waals surface area (Å²) in [7, 11) is 0. The highest BCUT2D eigenvalue weighted by Gasteiger charge is 2.19. The molecule has 5 nitrogen and oxygen atoms in total. The standard InChI is InChI=1S/C8H12N2O3/c1-8(2,3)13-5-4-9-10-6(5)7(11)12/h4H,1-3H3,(H,9,10)(H,11,12). The number of ether oxygens (including phenoxy) is 1. The van der Waals surface area contributed by atoms with Gasteiger partial charge in [0.05, 0.1) is 6.20 Å². The molecule has 0 unspecified atom stereocenters. The second-order valence-corrected chi connectivity index (χ2v) is 3.63. The zero-order valence-electron chi connectivity index (χ0n) is 7.79. The summed E-state index contributed by atoms with van der Waals surface area (Å²) in [4.78, 5) is 10.6. The zero-order valence-corrected chi connectivity index (χ0v) is 7.79. The lowest BCUT2D eigenvalue weighted by atomic mass is 10.2. The molecule has 0 saturated carbocycles. The number of aromatic amines is 1. The van der Waals surface area contributed by atoms with E-state index in [1.165, 1.54) is 6.20 Å². The van der Waals surface area contributed by atoms with Crippen molar-refractivity contribution in [2.24, 2.45) is 0 Å². The molecule has 0 spiro atoms. The highest BCUT2D eigenvalue weighted by atomic mass is 16.5. The first kappa shape index (κ1) is 9.57. The second kappa shape index (κ2) is 3.08. The van der Waals surface area contributed by atoms with E-state index in [1.54, 1.807) is 0 Å². The number of carboxylic acid groups (broad SMARTS) is 1. The molecular weight excluding hydrogens is 172 g/mol. The Kier molecular flexibility index (Phi) is 2.27.